The Bertz CT molecular complexity index is 820. The fourth-order valence-electron chi connectivity index (χ4n) is 4.47. The molecule has 3 rings (SSSR count). The Morgan fingerprint density at radius 2 is 1.93 bits per heavy atom. The van der Waals surface area contributed by atoms with Crippen molar-refractivity contribution in [1.82, 2.24) is 10.2 Å². The molecule has 2 aliphatic heterocycles. The maximum Gasteiger partial charge on any atom is 0.237 e. The van der Waals surface area contributed by atoms with E-state index in [1.807, 2.05) is 26.0 Å². The molecule has 2 N–H and O–H groups in total. The second-order valence-corrected chi connectivity index (χ2v) is 8.31. The Kier molecular flexibility index (Phi) is 6.90. The fourth-order valence-corrected chi connectivity index (χ4v) is 4.47. The zero-order valence-corrected chi connectivity index (χ0v) is 17.8. The normalized spacial score (nSPS) is 24.3. The molecule has 7 heteroatoms. The van der Waals surface area contributed by atoms with Crippen LogP contribution in [-0.4, -0.2) is 41.6 Å². The first kappa shape index (κ1) is 22.0. The molecule has 0 radical (unpaired) electrons. The quantitative estimate of drug-likeness (QED) is 0.701. The molecular formula is C23H31N3O4. The number of hydrogen-bond donors (Lipinski definition) is 2. The molecule has 0 aliphatic carbocycles. The van der Waals surface area contributed by atoms with E-state index in [0.717, 1.165) is 31.4 Å². The van der Waals surface area contributed by atoms with Gasteiger partial charge in [-0.2, -0.15) is 0 Å². The predicted octanol–water partition coefficient (Wildman–Crippen LogP) is 2.75. The molecule has 7 nitrogen and oxygen atoms in total. The lowest BCUT2D eigenvalue weighted by Crippen LogP contribution is -2.51. The van der Waals surface area contributed by atoms with E-state index in [1.165, 1.54) is 0 Å². The minimum absolute atomic E-state index is 0.0806. The van der Waals surface area contributed by atoms with Gasteiger partial charge in [0.2, 0.25) is 23.6 Å². The summed E-state index contributed by atoms with van der Waals surface area (Å²) in [5, 5.41) is 5.40. The molecule has 0 saturated carbocycles. The Morgan fingerprint density at radius 1 is 1.20 bits per heavy atom. The maximum atomic E-state index is 12.7. The summed E-state index contributed by atoms with van der Waals surface area (Å²) >= 11 is 0. The summed E-state index contributed by atoms with van der Waals surface area (Å²) in [5.74, 6) is -0.656. The molecule has 30 heavy (non-hydrogen) atoms. The number of nitrogens with zero attached hydrogens (tertiary/aromatic N) is 1. The number of amides is 4. The summed E-state index contributed by atoms with van der Waals surface area (Å²) < 4.78 is 0. The van der Waals surface area contributed by atoms with Crippen LogP contribution >= 0.6 is 0 Å². The third-order valence-electron chi connectivity index (χ3n) is 6.38. The Morgan fingerprint density at radius 3 is 2.57 bits per heavy atom. The van der Waals surface area contributed by atoms with Crippen LogP contribution in [0.5, 0.6) is 0 Å². The van der Waals surface area contributed by atoms with Gasteiger partial charge >= 0.3 is 0 Å². The maximum absolute atomic E-state index is 12.7. The number of nitrogens with one attached hydrogen (secondary N) is 2. The van der Waals surface area contributed by atoms with E-state index in [1.54, 1.807) is 17.0 Å². The number of rotatable bonds is 6. The standard InChI is InChI=1S/C23H31N3O4/c1-3-6-20(28)26-14-5-7-16(15-26)21(29)24-18-10-8-17(9-11-18)23(4-2)13-12-19(27)25-22(23)30/h8-11,16H,3-7,12-15H2,1-2H3,(H,24,29)(H,25,27,30)/t16-,23+/m0/s1. The van der Waals surface area contributed by atoms with Crippen LogP contribution in [0, 0.1) is 5.92 Å². The minimum Gasteiger partial charge on any atom is -0.342 e. The highest BCUT2D eigenvalue weighted by Gasteiger charge is 2.42. The van der Waals surface area contributed by atoms with Crippen molar-refractivity contribution in [3.63, 3.8) is 0 Å². The number of imide groups is 1. The van der Waals surface area contributed by atoms with Gasteiger partial charge in [0.15, 0.2) is 0 Å². The SMILES string of the molecule is CCCC(=O)N1CCC[C@H](C(=O)Nc2ccc([C@@]3(CC)CCC(=O)NC3=O)cc2)C1. The third-order valence-corrected chi connectivity index (χ3v) is 6.38. The van der Waals surface area contributed by atoms with E-state index in [2.05, 4.69) is 10.6 Å². The second-order valence-electron chi connectivity index (χ2n) is 8.31. The summed E-state index contributed by atoms with van der Waals surface area (Å²) in [5.41, 5.74) is 0.807. The molecule has 0 spiro atoms. The minimum atomic E-state index is -0.708. The van der Waals surface area contributed by atoms with Gasteiger partial charge < -0.3 is 10.2 Å². The van der Waals surface area contributed by atoms with E-state index in [0.29, 0.717) is 37.9 Å². The predicted molar refractivity (Wildman–Crippen MR) is 114 cm³/mol. The van der Waals surface area contributed by atoms with Gasteiger partial charge in [0.25, 0.3) is 0 Å². The van der Waals surface area contributed by atoms with Gasteiger partial charge in [-0.3, -0.25) is 24.5 Å². The zero-order chi connectivity index (χ0) is 21.7. The Balaban J connectivity index is 1.65. The molecule has 0 bridgehead atoms. The monoisotopic (exact) mass is 413 g/mol. The van der Waals surface area contributed by atoms with E-state index >= 15 is 0 Å². The molecule has 2 heterocycles. The van der Waals surface area contributed by atoms with Crippen LogP contribution in [0.15, 0.2) is 24.3 Å². The molecular weight excluding hydrogens is 382 g/mol. The fraction of sp³-hybridized carbons (Fsp3) is 0.565. The first-order chi connectivity index (χ1) is 14.4. The topological polar surface area (TPSA) is 95.6 Å². The van der Waals surface area contributed by atoms with Crippen molar-refractivity contribution in [3.8, 4) is 0 Å². The number of likely N-dealkylation sites (tertiary alicyclic amines) is 1. The summed E-state index contributed by atoms with van der Waals surface area (Å²) in [6, 6.07) is 7.31. The highest BCUT2D eigenvalue weighted by Crippen LogP contribution is 2.36. The first-order valence-corrected chi connectivity index (χ1v) is 10.9. The van der Waals surface area contributed by atoms with Crippen molar-refractivity contribution in [3.05, 3.63) is 29.8 Å². The number of carbonyl (C=O) groups is 4. The number of carbonyl (C=O) groups excluding carboxylic acids is 4. The number of hydrogen-bond acceptors (Lipinski definition) is 4. The van der Waals surface area contributed by atoms with Crippen LogP contribution < -0.4 is 10.6 Å². The first-order valence-electron chi connectivity index (χ1n) is 10.9. The number of benzene rings is 1. The van der Waals surface area contributed by atoms with Gasteiger partial charge in [-0.1, -0.05) is 26.0 Å². The number of piperidine rings is 2. The lowest BCUT2D eigenvalue weighted by Gasteiger charge is -2.35. The summed E-state index contributed by atoms with van der Waals surface area (Å²) in [6.07, 6.45) is 4.35. The zero-order valence-electron chi connectivity index (χ0n) is 17.8. The van der Waals surface area contributed by atoms with Gasteiger partial charge in [-0.25, -0.2) is 0 Å². The summed E-state index contributed by atoms with van der Waals surface area (Å²) in [7, 11) is 0. The smallest absolute Gasteiger partial charge is 0.237 e. The highest BCUT2D eigenvalue weighted by molar-refractivity contribution is 6.03. The second kappa shape index (κ2) is 9.41. The van der Waals surface area contributed by atoms with E-state index in [4.69, 9.17) is 0 Å². The average Bonchev–Trinajstić information content (AvgIpc) is 2.75. The van der Waals surface area contributed by atoms with Crippen LogP contribution in [0.3, 0.4) is 0 Å². The van der Waals surface area contributed by atoms with Crippen LogP contribution in [0.1, 0.15) is 64.4 Å². The summed E-state index contributed by atoms with van der Waals surface area (Å²) in [6.45, 7) is 5.11. The van der Waals surface area contributed by atoms with Gasteiger partial charge in [0.05, 0.1) is 11.3 Å². The molecule has 2 atom stereocenters. The van der Waals surface area contributed by atoms with Crippen molar-refractivity contribution < 1.29 is 19.2 Å². The van der Waals surface area contributed by atoms with E-state index in [9.17, 15) is 19.2 Å². The van der Waals surface area contributed by atoms with Crippen molar-refractivity contribution >= 4 is 29.3 Å². The average molecular weight is 414 g/mol. The molecule has 1 aromatic carbocycles. The molecule has 0 unspecified atom stereocenters. The van der Waals surface area contributed by atoms with Gasteiger partial charge in [0.1, 0.15) is 0 Å². The van der Waals surface area contributed by atoms with E-state index in [-0.39, 0.29) is 29.5 Å². The van der Waals surface area contributed by atoms with Crippen molar-refractivity contribution in [2.24, 2.45) is 5.92 Å². The Hall–Kier alpha value is -2.70. The largest absolute Gasteiger partial charge is 0.342 e. The van der Waals surface area contributed by atoms with Crippen molar-refractivity contribution in [2.45, 2.75) is 64.2 Å². The lowest BCUT2D eigenvalue weighted by atomic mass is 9.72. The molecule has 2 aliphatic rings. The molecule has 2 fully saturated rings. The van der Waals surface area contributed by atoms with Gasteiger partial charge in [0, 0.05) is 31.6 Å². The van der Waals surface area contributed by atoms with Crippen LogP contribution in [0.25, 0.3) is 0 Å². The van der Waals surface area contributed by atoms with Gasteiger partial charge in [-0.05, 0) is 49.8 Å². The van der Waals surface area contributed by atoms with Crippen LogP contribution in [0.4, 0.5) is 5.69 Å². The van der Waals surface area contributed by atoms with Crippen LogP contribution in [-0.2, 0) is 24.6 Å². The Labute approximate surface area is 177 Å². The number of anilines is 1. The van der Waals surface area contributed by atoms with Crippen molar-refractivity contribution in [2.75, 3.05) is 18.4 Å². The molecule has 1 aromatic rings. The molecule has 0 aromatic heterocycles. The third kappa shape index (κ3) is 4.55. The molecule has 162 valence electrons. The molecule has 4 amide bonds. The lowest BCUT2D eigenvalue weighted by molar-refractivity contribution is -0.138. The van der Waals surface area contributed by atoms with Crippen LogP contribution in [0.2, 0.25) is 0 Å². The summed E-state index contributed by atoms with van der Waals surface area (Å²) in [4.78, 5) is 50.8. The molecule has 2 saturated heterocycles. The van der Waals surface area contributed by atoms with Gasteiger partial charge in [-0.15, -0.1) is 0 Å². The van der Waals surface area contributed by atoms with Crippen molar-refractivity contribution in [1.29, 1.82) is 0 Å². The highest BCUT2D eigenvalue weighted by atomic mass is 16.2. The van der Waals surface area contributed by atoms with E-state index < -0.39 is 5.41 Å².